The number of aromatic nitrogens is 4. The van der Waals surface area contributed by atoms with E-state index in [0.717, 1.165) is 11.3 Å². The molecule has 0 bridgehead atoms. The van der Waals surface area contributed by atoms with E-state index >= 15 is 0 Å². The van der Waals surface area contributed by atoms with E-state index < -0.39 is 5.97 Å². The second-order valence-corrected chi connectivity index (χ2v) is 4.30. The van der Waals surface area contributed by atoms with E-state index in [1.165, 1.54) is 4.68 Å². The molecular weight excluding hydrogens is 258 g/mol. The van der Waals surface area contributed by atoms with Crippen molar-refractivity contribution in [2.45, 2.75) is 13.3 Å². The first kappa shape index (κ1) is 12.3. The van der Waals surface area contributed by atoms with Gasteiger partial charge < -0.3 is 10.5 Å². The summed E-state index contributed by atoms with van der Waals surface area (Å²) >= 11 is 0. The lowest BCUT2D eigenvalue weighted by Crippen LogP contribution is -2.11. The minimum Gasteiger partial charge on any atom is -0.462 e. The Hall–Kier alpha value is -2.70. The largest absolute Gasteiger partial charge is 0.462 e. The molecule has 20 heavy (non-hydrogen) atoms. The highest BCUT2D eigenvalue weighted by Crippen LogP contribution is 2.28. The topological polar surface area (TPSA) is 95.9 Å². The Morgan fingerprint density at radius 2 is 2.35 bits per heavy atom. The highest BCUT2D eigenvalue weighted by molar-refractivity contribution is 6.15. The lowest BCUT2D eigenvalue weighted by molar-refractivity contribution is -0.136. The molecule has 2 N–H and O–H groups in total. The van der Waals surface area contributed by atoms with Crippen molar-refractivity contribution in [3.8, 4) is 5.69 Å². The van der Waals surface area contributed by atoms with Crippen LogP contribution in [0.2, 0.25) is 0 Å². The molecule has 7 nitrogen and oxygen atoms in total. The summed E-state index contributed by atoms with van der Waals surface area (Å²) in [5, 5.41) is 11.5. The smallest absolute Gasteiger partial charge is 0.341 e. The number of ether oxygens (including phenoxy) is 1. The van der Waals surface area contributed by atoms with E-state index in [1.54, 1.807) is 13.0 Å². The predicted molar refractivity (Wildman–Crippen MR) is 71.9 cm³/mol. The van der Waals surface area contributed by atoms with Crippen LogP contribution in [0.3, 0.4) is 0 Å². The maximum absolute atomic E-state index is 12.0. The number of rotatable bonds is 2. The average Bonchev–Trinajstić information content (AvgIpc) is 2.84. The van der Waals surface area contributed by atoms with Crippen LogP contribution in [0.1, 0.15) is 18.3 Å². The number of hydrogen-bond donors (Lipinski definition) is 1. The minimum atomic E-state index is -0.435. The van der Waals surface area contributed by atoms with Gasteiger partial charge >= 0.3 is 5.97 Å². The highest BCUT2D eigenvalue weighted by Gasteiger charge is 2.25. The standard InChI is InChI=1S/C13H13N5O2/c1-2-20-13(19)9-7-6-8-10(14)4-3-5-11(8)18-12(9)15-16-17-18/h3-5,7H,2,6,14H2,1H3. The number of nitrogens with zero attached hydrogens (tertiary/aromatic N) is 4. The van der Waals surface area contributed by atoms with Gasteiger partial charge in [-0.1, -0.05) is 12.1 Å². The molecule has 0 spiro atoms. The lowest BCUT2D eigenvalue weighted by Gasteiger charge is -2.08. The lowest BCUT2D eigenvalue weighted by atomic mass is 10.1. The average molecular weight is 271 g/mol. The summed E-state index contributed by atoms with van der Waals surface area (Å²) in [5.74, 6) is -0.0669. The zero-order valence-electron chi connectivity index (χ0n) is 10.9. The van der Waals surface area contributed by atoms with Crippen molar-refractivity contribution >= 4 is 17.2 Å². The molecule has 102 valence electrons. The van der Waals surface area contributed by atoms with E-state index in [9.17, 15) is 4.79 Å². The van der Waals surface area contributed by atoms with Gasteiger partial charge in [0.15, 0.2) is 5.82 Å². The van der Waals surface area contributed by atoms with Crippen LogP contribution in [-0.2, 0) is 16.0 Å². The molecule has 2 aromatic rings. The summed E-state index contributed by atoms with van der Waals surface area (Å²) in [6.07, 6.45) is 2.27. The van der Waals surface area contributed by atoms with Crippen molar-refractivity contribution in [3.63, 3.8) is 0 Å². The van der Waals surface area contributed by atoms with Crippen LogP contribution >= 0.6 is 0 Å². The number of benzene rings is 1. The molecule has 0 atom stereocenters. The van der Waals surface area contributed by atoms with E-state index in [2.05, 4.69) is 15.5 Å². The molecule has 0 radical (unpaired) electrons. The maximum Gasteiger partial charge on any atom is 0.341 e. The van der Waals surface area contributed by atoms with Crippen molar-refractivity contribution in [1.82, 2.24) is 20.2 Å². The molecule has 1 aromatic carbocycles. The van der Waals surface area contributed by atoms with Crippen molar-refractivity contribution in [3.05, 3.63) is 35.7 Å². The molecule has 2 heterocycles. The van der Waals surface area contributed by atoms with Crippen LogP contribution in [0, 0.1) is 0 Å². The second kappa shape index (κ2) is 4.76. The number of carbonyl (C=O) groups excluding carboxylic acids is 1. The van der Waals surface area contributed by atoms with Gasteiger partial charge in [0.2, 0.25) is 0 Å². The zero-order valence-corrected chi connectivity index (χ0v) is 10.9. The molecule has 1 aliphatic rings. The molecule has 0 aliphatic carbocycles. The van der Waals surface area contributed by atoms with E-state index in [0.29, 0.717) is 30.1 Å². The summed E-state index contributed by atoms with van der Waals surface area (Å²) in [7, 11) is 0. The first-order valence-corrected chi connectivity index (χ1v) is 6.26. The summed E-state index contributed by atoms with van der Waals surface area (Å²) in [6.45, 7) is 2.05. The summed E-state index contributed by atoms with van der Waals surface area (Å²) < 4.78 is 6.56. The molecule has 0 amide bonds. The number of nitrogens with two attached hydrogens (primary N) is 1. The van der Waals surface area contributed by atoms with Crippen LogP contribution in [0.4, 0.5) is 5.69 Å². The Labute approximate surface area is 115 Å². The quantitative estimate of drug-likeness (QED) is 0.639. The van der Waals surface area contributed by atoms with Gasteiger partial charge in [0.1, 0.15) is 5.57 Å². The summed E-state index contributed by atoms with van der Waals surface area (Å²) in [4.78, 5) is 12.0. The number of hydrogen-bond acceptors (Lipinski definition) is 6. The molecule has 3 rings (SSSR count). The molecule has 0 unspecified atom stereocenters. The summed E-state index contributed by atoms with van der Waals surface area (Å²) in [6, 6.07) is 5.51. The molecular formula is C13H13N5O2. The first-order chi connectivity index (χ1) is 9.72. The number of tetrazole rings is 1. The van der Waals surface area contributed by atoms with Gasteiger partial charge in [0.25, 0.3) is 0 Å². The third kappa shape index (κ3) is 1.83. The van der Waals surface area contributed by atoms with Gasteiger partial charge in [0, 0.05) is 11.3 Å². The molecule has 7 heteroatoms. The number of anilines is 1. The fraction of sp³-hybridized carbons (Fsp3) is 0.231. The number of fused-ring (bicyclic) bond motifs is 3. The van der Waals surface area contributed by atoms with Crippen LogP contribution < -0.4 is 5.73 Å². The number of esters is 1. The summed E-state index contributed by atoms with van der Waals surface area (Å²) in [5.41, 5.74) is 8.65. The van der Waals surface area contributed by atoms with Crippen molar-refractivity contribution in [2.75, 3.05) is 12.3 Å². The molecule has 1 aromatic heterocycles. The van der Waals surface area contributed by atoms with E-state index in [1.807, 2.05) is 18.2 Å². The maximum atomic E-state index is 12.0. The Morgan fingerprint density at radius 1 is 1.50 bits per heavy atom. The van der Waals surface area contributed by atoms with Crippen molar-refractivity contribution in [1.29, 1.82) is 0 Å². The second-order valence-electron chi connectivity index (χ2n) is 4.30. The molecule has 0 fully saturated rings. The van der Waals surface area contributed by atoms with Gasteiger partial charge in [-0.2, -0.15) is 4.68 Å². The van der Waals surface area contributed by atoms with Crippen molar-refractivity contribution < 1.29 is 9.53 Å². The van der Waals surface area contributed by atoms with E-state index in [4.69, 9.17) is 10.5 Å². The third-order valence-electron chi connectivity index (χ3n) is 3.13. The van der Waals surface area contributed by atoms with Gasteiger partial charge in [-0.05, 0) is 35.9 Å². The number of allylic oxidation sites excluding steroid dienone is 1. The van der Waals surface area contributed by atoms with Crippen LogP contribution in [0.15, 0.2) is 24.3 Å². The van der Waals surface area contributed by atoms with Gasteiger partial charge in [0.05, 0.1) is 12.3 Å². The molecule has 1 aliphatic heterocycles. The normalized spacial score (nSPS) is 12.9. The Balaban J connectivity index is 2.17. The molecule has 0 saturated carbocycles. The highest BCUT2D eigenvalue weighted by atomic mass is 16.5. The Bertz CT molecular complexity index is 705. The molecule has 0 saturated heterocycles. The van der Waals surface area contributed by atoms with Crippen LogP contribution in [0.5, 0.6) is 0 Å². The van der Waals surface area contributed by atoms with Gasteiger partial charge in [-0.25, -0.2) is 4.79 Å². The third-order valence-corrected chi connectivity index (χ3v) is 3.13. The van der Waals surface area contributed by atoms with E-state index in [-0.39, 0.29) is 0 Å². The SMILES string of the molecule is CCOC(=O)C1=CCc2c(N)cccc2-n2nnnc21. The zero-order chi connectivity index (χ0) is 14.1. The predicted octanol–water partition coefficient (Wildman–Crippen LogP) is 0.747. The van der Waals surface area contributed by atoms with Gasteiger partial charge in [-0.15, -0.1) is 5.10 Å². The minimum absolute atomic E-state index is 0.298. The van der Waals surface area contributed by atoms with Gasteiger partial charge in [-0.3, -0.25) is 0 Å². The van der Waals surface area contributed by atoms with Crippen LogP contribution in [-0.4, -0.2) is 32.8 Å². The fourth-order valence-electron chi connectivity index (χ4n) is 2.21. The number of carbonyl (C=O) groups is 1. The fourth-order valence-corrected chi connectivity index (χ4v) is 2.21. The van der Waals surface area contributed by atoms with Crippen LogP contribution in [0.25, 0.3) is 11.3 Å². The Kier molecular flexibility index (Phi) is 2.94. The first-order valence-electron chi connectivity index (χ1n) is 6.26. The number of nitrogen functional groups attached to an aromatic ring is 1. The Morgan fingerprint density at radius 3 is 3.15 bits per heavy atom. The van der Waals surface area contributed by atoms with Crippen molar-refractivity contribution in [2.24, 2.45) is 0 Å². The monoisotopic (exact) mass is 271 g/mol.